The van der Waals surface area contributed by atoms with Crippen molar-refractivity contribution < 1.29 is 14.6 Å². The number of nitrogens with one attached hydrogen (secondary N) is 1. The van der Waals surface area contributed by atoms with Crippen LogP contribution in [0.4, 0.5) is 0 Å². The Balaban J connectivity index is 0.00000225. The third-order valence-corrected chi connectivity index (χ3v) is 5.43. The van der Waals surface area contributed by atoms with Gasteiger partial charge >= 0.3 is 0 Å². The smallest absolute Gasteiger partial charge is 0.194 e. The molecule has 0 aromatic carbocycles. The van der Waals surface area contributed by atoms with E-state index in [1.165, 1.54) is 6.42 Å². The van der Waals surface area contributed by atoms with E-state index in [0.717, 1.165) is 77.3 Å². The van der Waals surface area contributed by atoms with Crippen LogP contribution in [0.25, 0.3) is 0 Å². The minimum atomic E-state index is -0.552. The van der Waals surface area contributed by atoms with Gasteiger partial charge in [0.15, 0.2) is 5.96 Å². The minimum absolute atomic E-state index is 0. The third-order valence-electron chi connectivity index (χ3n) is 5.43. The maximum Gasteiger partial charge on any atom is 0.194 e. The van der Waals surface area contributed by atoms with Crippen LogP contribution >= 0.6 is 24.0 Å². The van der Waals surface area contributed by atoms with Crippen LogP contribution in [0.2, 0.25) is 0 Å². The summed E-state index contributed by atoms with van der Waals surface area (Å²) in [5.74, 6) is 0.940. The van der Waals surface area contributed by atoms with Crippen LogP contribution in [0.3, 0.4) is 0 Å². The van der Waals surface area contributed by atoms with Crippen LogP contribution in [0.5, 0.6) is 0 Å². The summed E-state index contributed by atoms with van der Waals surface area (Å²) in [5, 5.41) is 13.6. The molecule has 0 bridgehead atoms. The fraction of sp³-hybridized carbons (Fsp3) is 0.944. The van der Waals surface area contributed by atoms with Crippen LogP contribution in [-0.2, 0) is 9.47 Å². The predicted octanol–water partition coefficient (Wildman–Crippen LogP) is 2.14. The lowest BCUT2D eigenvalue weighted by Crippen LogP contribution is -2.48. The fourth-order valence-electron chi connectivity index (χ4n) is 3.64. The van der Waals surface area contributed by atoms with Crippen LogP contribution in [-0.4, -0.2) is 73.2 Å². The molecule has 1 atom stereocenters. The molecule has 1 aliphatic carbocycles. The summed E-state index contributed by atoms with van der Waals surface area (Å²) in [7, 11) is 0. The topological polar surface area (TPSA) is 66.3 Å². The molecule has 1 unspecified atom stereocenters. The molecule has 7 heteroatoms. The molecule has 146 valence electrons. The Labute approximate surface area is 168 Å². The van der Waals surface area contributed by atoms with Gasteiger partial charge < -0.3 is 24.8 Å². The van der Waals surface area contributed by atoms with Crippen molar-refractivity contribution >= 4 is 29.9 Å². The fourth-order valence-corrected chi connectivity index (χ4v) is 3.64. The van der Waals surface area contributed by atoms with E-state index in [2.05, 4.69) is 22.1 Å². The minimum Gasteiger partial charge on any atom is -0.388 e. The molecule has 3 fully saturated rings. The first kappa shape index (κ1) is 21.2. The molecular weight excluding hydrogens is 433 g/mol. The van der Waals surface area contributed by atoms with Crippen molar-refractivity contribution in [1.82, 2.24) is 10.2 Å². The van der Waals surface area contributed by atoms with E-state index in [1.54, 1.807) is 0 Å². The number of ether oxygens (including phenoxy) is 2. The number of likely N-dealkylation sites (tertiary alicyclic amines) is 1. The van der Waals surface area contributed by atoms with E-state index in [0.29, 0.717) is 18.8 Å². The van der Waals surface area contributed by atoms with Crippen molar-refractivity contribution in [3.63, 3.8) is 0 Å². The second-order valence-electron chi connectivity index (χ2n) is 7.40. The quantitative estimate of drug-likeness (QED) is 0.356. The monoisotopic (exact) mass is 467 g/mol. The van der Waals surface area contributed by atoms with Gasteiger partial charge in [0.05, 0.1) is 31.0 Å². The zero-order valence-electron chi connectivity index (χ0n) is 15.4. The standard InChI is InChI=1S/C18H33N3O3.HI/c1-2-19-17(20-14-18(22)8-4-9-18)21-10-6-15(7-11-21)24-13-16-5-3-12-23-16;/h15-16,22H,2-14H2,1H3,(H,19,20);1H. The van der Waals surface area contributed by atoms with E-state index < -0.39 is 5.60 Å². The van der Waals surface area contributed by atoms with Gasteiger partial charge in [-0.05, 0) is 51.9 Å². The molecule has 2 saturated heterocycles. The van der Waals surface area contributed by atoms with Gasteiger partial charge in [0.25, 0.3) is 0 Å². The second kappa shape index (κ2) is 10.3. The van der Waals surface area contributed by atoms with Crippen LogP contribution < -0.4 is 5.32 Å². The lowest BCUT2D eigenvalue weighted by atomic mass is 9.80. The summed E-state index contributed by atoms with van der Waals surface area (Å²) in [6.45, 7) is 7.01. The van der Waals surface area contributed by atoms with Crippen molar-refractivity contribution in [2.24, 2.45) is 4.99 Å². The van der Waals surface area contributed by atoms with Crippen molar-refractivity contribution in [1.29, 1.82) is 0 Å². The summed E-state index contributed by atoms with van der Waals surface area (Å²) in [5.41, 5.74) is -0.552. The van der Waals surface area contributed by atoms with E-state index in [4.69, 9.17) is 9.47 Å². The average molecular weight is 467 g/mol. The number of aliphatic hydroxyl groups is 1. The third kappa shape index (κ3) is 6.22. The number of aliphatic imine (C=N–C) groups is 1. The van der Waals surface area contributed by atoms with Gasteiger partial charge in [-0.3, -0.25) is 4.99 Å². The molecule has 0 aromatic heterocycles. The van der Waals surface area contributed by atoms with Crippen molar-refractivity contribution in [3.8, 4) is 0 Å². The highest BCUT2D eigenvalue weighted by Crippen LogP contribution is 2.31. The Bertz CT molecular complexity index is 418. The highest BCUT2D eigenvalue weighted by Gasteiger charge is 2.34. The molecule has 3 aliphatic rings. The Kier molecular flexibility index (Phi) is 8.71. The number of rotatable bonds is 6. The van der Waals surface area contributed by atoms with E-state index in [9.17, 15) is 5.11 Å². The Morgan fingerprint density at radius 2 is 2.04 bits per heavy atom. The number of guanidine groups is 1. The summed E-state index contributed by atoms with van der Waals surface area (Å²) in [6.07, 6.45) is 7.90. The number of halogens is 1. The molecule has 2 N–H and O–H groups in total. The zero-order valence-corrected chi connectivity index (χ0v) is 17.7. The molecule has 0 spiro atoms. The second-order valence-corrected chi connectivity index (χ2v) is 7.40. The lowest BCUT2D eigenvalue weighted by molar-refractivity contribution is -0.0370. The van der Waals surface area contributed by atoms with Crippen molar-refractivity contribution in [3.05, 3.63) is 0 Å². The van der Waals surface area contributed by atoms with E-state index in [1.807, 2.05) is 0 Å². The van der Waals surface area contributed by atoms with Gasteiger partial charge in [0.2, 0.25) is 0 Å². The first-order valence-corrected chi connectivity index (χ1v) is 9.67. The zero-order chi connectivity index (χ0) is 16.8. The van der Waals surface area contributed by atoms with Crippen molar-refractivity contribution in [2.75, 3.05) is 39.4 Å². The molecule has 6 nitrogen and oxygen atoms in total. The molecule has 25 heavy (non-hydrogen) atoms. The first-order valence-electron chi connectivity index (χ1n) is 9.67. The number of hydrogen-bond acceptors (Lipinski definition) is 4. The number of hydrogen-bond donors (Lipinski definition) is 2. The largest absolute Gasteiger partial charge is 0.388 e. The molecule has 2 heterocycles. The number of nitrogens with zero attached hydrogens (tertiary/aromatic N) is 2. The van der Waals surface area contributed by atoms with E-state index in [-0.39, 0.29) is 24.0 Å². The highest BCUT2D eigenvalue weighted by atomic mass is 127. The molecule has 0 radical (unpaired) electrons. The summed E-state index contributed by atoms with van der Waals surface area (Å²) in [6, 6.07) is 0. The average Bonchev–Trinajstić information content (AvgIpc) is 3.09. The Morgan fingerprint density at radius 1 is 1.28 bits per heavy atom. The molecule has 0 aromatic rings. The van der Waals surface area contributed by atoms with Gasteiger partial charge in [-0.2, -0.15) is 0 Å². The molecule has 1 saturated carbocycles. The number of piperidine rings is 1. The van der Waals surface area contributed by atoms with Gasteiger partial charge in [0.1, 0.15) is 0 Å². The predicted molar refractivity (Wildman–Crippen MR) is 110 cm³/mol. The van der Waals surface area contributed by atoms with E-state index >= 15 is 0 Å². The Hall–Kier alpha value is -0.120. The van der Waals surface area contributed by atoms with Gasteiger partial charge in [0, 0.05) is 26.2 Å². The van der Waals surface area contributed by atoms with Crippen molar-refractivity contribution in [2.45, 2.75) is 69.7 Å². The molecule has 2 aliphatic heterocycles. The summed E-state index contributed by atoms with van der Waals surface area (Å²) < 4.78 is 11.7. The molecule has 0 amide bonds. The maximum absolute atomic E-state index is 10.3. The molecule has 3 rings (SSSR count). The normalized spacial score (nSPS) is 26.9. The Morgan fingerprint density at radius 3 is 2.60 bits per heavy atom. The summed E-state index contributed by atoms with van der Waals surface area (Å²) >= 11 is 0. The van der Waals surface area contributed by atoms with Crippen LogP contribution in [0, 0.1) is 0 Å². The van der Waals surface area contributed by atoms with Gasteiger partial charge in [-0.1, -0.05) is 0 Å². The highest BCUT2D eigenvalue weighted by molar-refractivity contribution is 14.0. The lowest BCUT2D eigenvalue weighted by Gasteiger charge is -2.37. The maximum atomic E-state index is 10.3. The van der Waals surface area contributed by atoms with Crippen LogP contribution in [0.15, 0.2) is 4.99 Å². The van der Waals surface area contributed by atoms with Gasteiger partial charge in [-0.25, -0.2) is 0 Å². The summed E-state index contributed by atoms with van der Waals surface area (Å²) in [4.78, 5) is 6.99. The SMILES string of the molecule is CCNC(=NCC1(O)CCC1)N1CCC(OCC2CCCO2)CC1.I. The molecular formula is C18H34IN3O3. The first-order chi connectivity index (χ1) is 11.7. The van der Waals surface area contributed by atoms with Gasteiger partial charge in [-0.15, -0.1) is 24.0 Å². The van der Waals surface area contributed by atoms with Crippen LogP contribution in [0.1, 0.15) is 51.9 Å².